The average Bonchev–Trinajstić information content (AvgIpc) is 2.90. The van der Waals surface area contributed by atoms with E-state index in [9.17, 15) is 9.90 Å². The fourth-order valence-electron chi connectivity index (χ4n) is 4.67. The number of aliphatic hydroxyl groups excluding tert-OH is 1. The number of carbonyl (C=O) groups is 1. The van der Waals surface area contributed by atoms with Crippen LogP contribution in [0, 0.1) is 18.3 Å². The molecule has 0 aromatic heterocycles. The van der Waals surface area contributed by atoms with Crippen LogP contribution in [0.4, 0.5) is 0 Å². The zero-order valence-corrected chi connectivity index (χ0v) is 14.4. The van der Waals surface area contributed by atoms with E-state index in [1.165, 1.54) is 24.8 Å². The SMILES string of the molecule is Cc1cc([C@@H]2CCC3(C2)CN(C(=O)C2CC(O)C2)C3)ccc1Cl. The van der Waals surface area contributed by atoms with E-state index in [1.54, 1.807) is 0 Å². The number of rotatable bonds is 2. The van der Waals surface area contributed by atoms with Gasteiger partial charge in [-0.25, -0.2) is 0 Å². The molecule has 3 aliphatic rings. The number of aliphatic hydroxyl groups is 1. The molecule has 3 fully saturated rings. The van der Waals surface area contributed by atoms with Gasteiger partial charge in [-0.2, -0.15) is 0 Å². The summed E-state index contributed by atoms with van der Waals surface area (Å²) in [5, 5.41) is 10.2. The van der Waals surface area contributed by atoms with Gasteiger partial charge in [-0.15, -0.1) is 0 Å². The molecule has 23 heavy (non-hydrogen) atoms. The third kappa shape index (κ3) is 2.68. The van der Waals surface area contributed by atoms with E-state index in [1.807, 2.05) is 11.0 Å². The monoisotopic (exact) mass is 333 g/mol. The molecule has 2 saturated carbocycles. The second-order valence-corrected chi connectivity index (χ2v) is 8.37. The van der Waals surface area contributed by atoms with Crippen LogP contribution >= 0.6 is 11.6 Å². The lowest BCUT2D eigenvalue weighted by atomic mass is 9.74. The van der Waals surface area contributed by atoms with E-state index in [2.05, 4.69) is 19.1 Å². The molecule has 124 valence electrons. The zero-order chi connectivity index (χ0) is 16.2. The van der Waals surface area contributed by atoms with Gasteiger partial charge in [0.05, 0.1) is 6.10 Å². The number of benzene rings is 1. The third-order valence-electron chi connectivity index (χ3n) is 6.18. The first-order chi connectivity index (χ1) is 11.0. The maximum absolute atomic E-state index is 12.3. The molecular weight excluding hydrogens is 310 g/mol. The average molecular weight is 334 g/mol. The molecule has 4 heteroatoms. The zero-order valence-electron chi connectivity index (χ0n) is 13.6. The van der Waals surface area contributed by atoms with Crippen molar-refractivity contribution in [3.8, 4) is 0 Å². The lowest BCUT2D eigenvalue weighted by molar-refractivity contribution is -0.154. The van der Waals surface area contributed by atoms with Crippen LogP contribution in [0.3, 0.4) is 0 Å². The predicted molar refractivity (Wildman–Crippen MR) is 90.5 cm³/mol. The predicted octanol–water partition coefficient (Wildman–Crippen LogP) is 3.52. The van der Waals surface area contributed by atoms with Crippen LogP contribution < -0.4 is 0 Å². The molecule has 3 nitrogen and oxygen atoms in total. The summed E-state index contributed by atoms with van der Waals surface area (Å²) in [6.07, 6.45) is 4.69. The molecule has 1 saturated heterocycles. The maximum Gasteiger partial charge on any atom is 0.225 e. The van der Waals surface area contributed by atoms with Crippen molar-refractivity contribution in [2.45, 2.75) is 51.0 Å². The first-order valence-electron chi connectivity index (χ1n) is 8.69. The van der Waals surface area contributed by atoms with Crippen molar-refractivity contribution in [1.29, 1.82) is 0 Å². The number of aryl methyl sites for hydroxylation is 1. The van der Waals surface area contributed by atoms with Crippen LogP contribution in [0.5, 0.6) is 0 Å². The van der Waals surface area contributed by atoms with Gasteiger partial charge in [0.2, 0.25) is 5.91 Å². The van der Waals surface area contributed by atoms with Crippen LogP contribution in [0.1, 0.15) is 49.1 Å². The van der Waals surface area contributed by atoms with Gasteiger partial charge in [-0.05, 0) is 62.1 Å². The van der Waals surface area contributed by atoms with E-state index in [-0.39, 0.29) is 17.9 Å². The molecule has 1 aromatic rings. The van der Waals surface area contributed by atoms with Crippen LogP contribution in [0.2, 0.25) is 5.02 Å². The molecule has 1 amide bonds. The molecule has 0 unspecified atom stereocenters. The topological polar surface area (TPSA) is 40.5 Å². The van der Waals surface area contributed by atoms with Crippen molar-refractivity contribution < 1.29 is 9.90 Å². The van der Waals surface area contributed by atoms with Crippen LogP contribution in [0.25, 0.3) is 0 Å². The van der Waals surface area contributed by atoms with E-state index in [4.69, 9.17) is 11.6 Å². The summed E-state index contributed by atoms with van der Waals surface area (Å²) in [6, 6.07) is 6.40. The van der Waals surface area contributed by atoms with Gasteiger partial charge in [-0.1, -0.05) is 23.7 Å². The first-order valence-corrected chi connectivity index (χ1v) is 9.06. The Labute approximate surface area is 142 Å². The Morgan fingerprint density at radius 3 is 2.74 bits per heavy atom. The summed E-state index contributed by atoms with van der Waals surface area (Å²) >= 11 is 6.13. The summed E-state index contributed by atoms with van der Waals surface area (Å²) in [5.74, 6) is 0.957. The standard InChI is InChI=1S/C19H24ClNO2/c1-12-6-13(2-3-17(12)20)14-4-5-19(9-14)10-21(11-19)18(23)15-7-16(22)8-15/h2-3,6,14-16,22H,4-5,7-11H2,1H3/t14-,15?,16?/m1/s1. The van der Waals surface area contributed by atoms with Crippen molar-refractivity contribution in [3.05, 3.63) is 34.3 Å². The lowest BCUT2D eigenvalue weighted by Gasteiger charge is -2.50. The molecular formula is C19H24ClNO2. The number of nitrogens with zero attached hydrogens (tertiary/aromatic N) is 1. The molecule has 4 rings (SSSR count). The number of carbonyl (C=O) groups excluding carboxylic acids is 1. The molecule has 2 aliphatic carbocycles. The Morgan fingerprint density at radius 1 is 1.35 bits per heavy atom. The number of likely N-dealkylation sites (tertiary alicyclic amines) is 1. The Hall–Kier alpha value is -1.06. The third-order valence-corrected chi connectivity index (χ3v) is 6.61. The summed E-state index contributed by atoms with van der Waals surface area (Å²) in [7, 11) is 0. The highest BCUT2D eigenvalue weighted by Gasteiger charge is 2.51. The fraction of sp³-hybridized carbons (Fsp3) is 0.632. The number of halogens is 1. The second-order valence-electron chi connectivity index (χ2n) is 7.96. The molecule has 0 radical (unpaired) electrons. The van der Waals surface area contributed by atoms with E-state index in [0.29, 0.717) is 24.2 Å². The summed E-state index contributed by atoms with van der Waals surface area (Å²) in [6.45, 7) is 3.90. The summed E-state index contributed by atoms with van der Waals surface area (Å²) in [5.41, 5.74) is 2.89. The Morgan fingerprint density at radius 2 is 2.09 bits per heavy atom. The second kappa shape index (κ2) is 5.49. The Balaban J connectivity index is 1.36. The van der Waals surface area contributed by atoms with Gasteiger partial charge in [0.1, 0.15) is 0 Å². The highest BCUT2D eigenvalue weighted by molar-refractivity contribution is 6.31. The lowest BCUT2D eigenvalue weighted by Crippen LogP contribution is -2.60. The van der Waals surface area contributed by atoms with Crippen molar-refractivity contribution >= 4 is 17.5 Å². The van der Waals surface area contributed by atoms with E-state index >= 15 is 0 Å². The highest BCUT2D eigenvalue weighted by Crippen LogP contribution is 2.52. The van der Waals surface area contributed by atoms with Gasteiger partial charge in [0, 0.05) is 29.4 Å². The largest absolute Gasteiger partial charge is 0.393 e. The molecule has 1 atom stereocenters. The normalized spacial score (nSPS) is 31.8. The smallest absolute Gasteiger partial charge is 0.225 e. The number of hydrogen-bond donors (Lipinski definition) is 1. The maximum atomic E-state index is 12.3. The van der Waals surface area contributed by atoms with Gasteiger partial charge in [-0.3, -0.25) is 4.79 Å². The van der Waals surface area contributed by atoms with Gasteiger partial charge < -0.3 is 10.0 Å². The van der Waals surface area contributed by atoms with Crippen LogP contribution in [-0.4, -0.2) is 35.1 Å². The molecule has 1 N–H and O–H groups in total. The fourth-order valence-corrected chi connectivity index (χ4v) is 4.79. The molecule has 1 spiro atoms. The van der Waals surface area contributed by atoms with Crippen molar-refractivity contribution in [2.75, 3.05) is 13.1 Å². The van der Waals surface area contributed by atoms with E-state index in [0.717, 1.165) is 23.7 Å². The quantitative estimate of drug-likeness (QED) is 0.899. The van der Waals surface area contributed by atoms with Crippen molar-refractivity contribution in [3.63, 3.8) is 0 Å². The molecule has 1 aliphatic heterocycles. The number of amides is 1. The molecule has 0 bridgehead atoms. The van der Waals surface area contributed by atoms with Crippen LogP contribution in [0.15, 0.2) is 18.2 Å². The van der Waals surface area contributed by atoms with Gasteiger partial charge >= 0.3 is 0 Å². The first kappa shape index (κ1) is 15.5. The summed E-state index contributed by atoms with van der Waals surface area (Å²) in [4.78, 5) is 14.3. The van der Waals surface area contributed by atoms with Gasteiger partial charge in [0.25, 0.3) is 0 Å². The van der Waals surface area contributed by atoms with Crippen molar-refractivity contribution in [2.24, 2.45) is 11.3 Å². The van der Waals surface area contributed by atoms with Crippen molar-refractivity contribution in [1.82, 2.24) is 4.90 Å². The molecule has 1 aromatic carbocycles. The minimum absolute atomic E-state index is 0.0819. The minimum Gasteiger partial charge on any atom is -0.393 e. The Bertz CT molecular complexity index is 632. The molecule has 1 heterocycles. The minimum atomic E-state index is -0.247. The Kier molecular flexibility index (Phi) is 3.69. The van der Waals surface area contributed by atoms with E-state index < -0.39 is 0 Å². The highest BCUT2D eigenvalue weighted by atomic mass is 35.5. The van der Waals surface area contributed by atoms with Crippen LogP contribution in [-0.2, 0) is 4.79 Å². The summed E-state index contributed by atoms with van der Waals surface area (Å²) < 4.78 is 0. The van der Waals surface area contributed by atoms with Gasteiger partial charge in [0.15, 0.2) is 0 Å². The number of hydrogen-bond acceptors (Lipinski definition) is 2.